The number of rotatable bonds is 5. The van der Waals surface area contributed by atoms with Crippen LogP contribution in [0.1, 0.15) is 15.9 Å². The van der Waals surface area contributed by atoms with Gasteiger partial charge in [-0.2, -0.15) is 0 Å². The van der Waals surface area contributed by atoms with Gasteiger partial charge in [-0.3, -0.25) is 0 Å². The number of nitrogen functional groups attached to an aromatic ring is 1. The molecular formula is C20H15ClNO3-. The summed E-state index contributed by atoms with van der Waals surface area (Å²) in [6.07, 6.45) is 0. The average Bonchev–Trinajstić information content (AvgIpc) is 2.61. The summed E-state index contributed by atoms with van der Waals surface area (Å²) in [4.78, 5) is 11.4. The van der Waals surface area contributed by atoms with Crippen LogP contribution in [-0.4, -0.2) is 5.97 Å². The summed E-state index contributed by atoms with van der Waals surface area (Å²) < 4.78 is 5.90. The Bertz CT molecular complexity index is 910. The monoisotopic (exact) mass is 352 g/mol. The van der Waals surface area contributed by atoms with Gasteiger partial charge >= 0.3 is 0 Å². The second-order valence-electron chi connectivity index (χ2n) is 5.48. The van der Waals surface area contributed by atoms with E-state index in [9.17, 15) is 9.90 Å². The molecule has 5 heteroatoms. The Balaban J connectivity index is 2.06. The lowest BCUT2D eigenvalue weighted by Gasteiger charge is -2.17. The number of carboxylic acid groups (broad SMARTS) is 1. The molecule has 0 saturated heterocycles. The van der Waals surface area contributed by atoms with Crippen LogP contribution in [0.2, 0.25) is 5.02 Å². The number of hydrogen-bond donors (Lipinski definition) is 1. The van der Waals surface area contributed by atoms with Crippen molar-refractivity contribution in [3.05, 3.63) is 82.9 Å². The van der Waals surface area contributed by atoms with Crippen LogP contribution in [0.25, 0.3) is 11.1 Å². The highest BCUT2D eigenvalue weighted by Gasteiger charge is 2.15. The van der Waals surface area contributed by atoms with E-state index < -0.39 is 5.97 Å². The molecule has 0 spiro atoms. The van der Waals surface area contributed by atoms with Gasteiger partial charge in [-0.1, -0.05) is 66.2 Å². The maximum atomic E-state index is 11.4. The van der Waals surface area contributed by atoms with Crippen LogP contribution >= 0.6 is 11.6 Å². The molecule has 0 radical (unpaired) electrons. The Labute approximate surface area is 150 Å². The van der Waals surface area contributed by atoms with Crippen molar-refractivity contribution in [2.24, 2.45) is 0 Å². The molecule has 0 fully saturated rings. The lowest BCUT2D eigenvalue weighted by Crippen LogP contribution is -2.23. The quantitative estimate of drug-likeness (QED) is 0.713. The molecule has 2 N–H and O–H groups in total. The van der Waals surface area contributed by atoms with Gasteiger partial charge in [-0.15, -0.1) is 0 Å². The third-order valence-electron chi connectivity index (χ3n) is 3.75. The fourth-order valence-electron chi connectivity index (χ4n) is 2.60. The molecule has 0 bridgehead atoms. The molecule has 3 rings (SSSR count). The predicted molar refractivity (Wildman–Crippen MR) is 96.4 cm³/mol. The van der Waals surface area contributed by atoms with Crippen molar-refractivity contribution in [3.8, 4) is 16.9 Å². The van der Waals surface area contributed by atoms with Crippen LogP contribution in [0.4, 0.5) is 5.69 Å². The maximum Gasteiger partial charge on any atom is 0.150 e. The first-order valence-electron chi connectivity index (χ1n) is 7.62. The molecule has 25 heavy (non-hydrogen) atoms. The third kappa shape index (κ3) is 3.75. The number of carbonyl (C=O) groups excluding carboxylic acids is 1. The van der Waals surface area contributed by atoms with Crippen molar-refractivity contribution in [2.75, 3.05) is 5.73 Å². The first kappa shape index (κ1) is 16.9. The van der Waals surface area contributed by atoms with E-state index in [0.717, 1.165) is 5.56 Å². The average molecular weight is 353 g/mol. The van der Waals surface area contributed by atoms with E-state index >= 15 is 0 Å². The molecule has 0 heterocycles. The Morgan fingerprint density at radius 3 is 2.40 bits per heavy atom. The molecule has 0 amide bonds. The van der Waals surface area contributed by atoms with E-state index in [-0.39, 0.29) is 5.56 Å². The SMILES string of the molecule is Nc1cc(Cl)cc(-c2ccccc2C(=O)[O-])c1OCc1ccccc1. The van der Waals surface area contributed by atoms with Gasteiger partial charge in [-0.05, 0) is 23.3 Å². The second kappa shape index (κ2) is 7.28. The molecule has 0 saturated carbocycles. The Morgan fingerprint density at radius 1 is 1.00 bits per heavy atom. The molecule has 0 unspecified atom stereocenters. The van der Waals surface area contributed by atoms with E-state index in [4.69, 9.17) is 22.1 Å². The highest BCUT2D eigenvalue weighted by Crippen LogP contribution is 2.39. The minimum Gasteiger partial charge on any atom is -0.545 e. The largest absolute Gasteiger partial charge is 0.545 e. The van der Waals surface area contributed by atoms with Gasteiger partial charge in [0.2, 0.25) is 0 Å². The maximum absolute atomic E-state index is 11.4. The summed E-state index contributed by atoms with van der Waals surface area (Å²) in [6.45, 7) is 0.299. The zero-order valence-corrected chi connectivity index (χ0v) is 14.0. The molecule has 126 valence electrons. The summed E-state index contributed by atoms with van der Waals surface area (Å²) in [5.74, 6) is -0.884. The van der Waals surface area contributed by atoms with Crippen molar-refractivity contribution in [3.63, 3.8) is 0 Å². The van der Waals surface area contributed by atoms with E-state index in [1.807, 2.05) is 30.3 Å². The van der Waals surface area contributed by atoms with Crippen LogP contribution in [0, 0.1) is 0 Å². The minimum atomic E-state index is -1.27. The Morgan fingerprint density at radius 2 is 1.68 bits per heavy atom. The highest BCUT2D eigenvalue weighted by molar-refractivity contribution is 6.31. The molecule has 4 nitrogen and oxygen atoms in total. The number of carboxylic acids is 1. The first-order valence-corrected chi connectivity index (χ1v) is 8.00. The molecule has 0 aliphatic heterocycles. The fraction of sp³-hybridized carbons (Fsp3) is 0.0500. The minimum absolute atomic E-state index is 0.0497. The van der Waals surface area contributed by atoms with Crippen LogP contribution in [0.5, 0.6) is 5.75 Å². The van der Waals surface area contributed by atoms with E-state index in [1.165, 1.54) is 6.07 Å². The standard InChI is InChI=1S/C20H16ClNO3/c21-14-10-17(15-8-4-5-9-16(15)20(23)24)19(18(22)11-14)25-12-13-6-2-1-3-7-13/h1-11H,12,22H2,(H,23,24)/p-1. The number of benzene rings is 3. The molecular weight excluding hydrogens is 338 g/mol. The first-order chi connectivity index (χ1) is 12.1. The molecule has 0 aliphatic rings. The number of hydrogen-bond acceptors (Lipinski definition) is 4. The summed E-state index contributed by atoms with van der Waals surface area (Å²) >= 11 is 6.12. The third-order valence-corrected chi connectivity index (χ3v) is 3.96. The van der Waals surface area contributed by atoms with Gasteiger partial charge in [-0.25, -0.2) is 0 Å². The summed E-state index contributed by atoms with van der Waals surface area (Å²) in [5.41, 5.74) is 8.39. The Hall–Kier alpha value is -2.98. The van der Waals surface area contributed by atoms with Gasteiger partial charge in [0.25, 0.3) is 0 Å². The van der Waals surface area contributed by atoms with Crippen LogP contribution < -0.4 is 15.6 Å². The zero-order chi connectivity index (χ0) is 17.8. The van der Waals surface area contributed by atoms with E-state index in [2.05, 4.69) is 0 Å². The van der Waals surface area contributed by atoms with Crippen LogP contribution in [-0.2, 0) is 6.61 Å². The zero-order valence-electron chi connectivity index (χ0n) is 13.2. The van der Waals surface area contributed by atoms with Gasteiger partial charge in [0.15, 0.2) is 5.75 Å². The van der Waals surface area contributed by atoms with Crippen molar-refractivity contribution in [1.82, 2.24) is 0 Å². The van der Waals surface area contributed by atoms with E-state index in [1.54, 1.807) is 30.3 Å². The predicted octanol–water partition coefficient (Wildman–Crippen LogP) is 3.53. The lowest BCUT2D eigenvalue weighted by molar-refractivity contribution is -0.254. The van der Waals surface area contributed by atoms with E-state index in [0.29, 0.717) is 34.2 Å². The number of aromatic carboxylic acids is 1. The topological polar surface area (TPSA) is 75.4 Å². The van der Waals surface area contributed by atoms with Crippen molar-refractivity contribution in [1.29, 1.82) is 0 Å². The number of carbonyl (C=O) groups is 1. The molecule has 0 aliphatic carbocycles. The number of nitrogens with two attached hydrogens (primary N) is 1. The summed E-state index contributed by atoms with van der Waals surface area (Å²) in [7, 11) is 0. The number of halogens is 1. The van der Waals surface area contributed by atoms with Gasteiger partial charge in [0.1, 0.15) is 6.61 Å². The molecule has 0 atom stereocenters. The normalized spacial score (nSPS) is 10.4. The highest BCUT2D eigenvalue weighted by atomic mass is 35.5. The molecule has 3 aromatic carbocycles. The van der Waals surface area contributed by atoms with Crippen molar-refractivity contribution >= 4 is 23.3 Å². The smallest absolute Gasteiger partial charge is 0.150 e. The molecule has 0 aromatic heterocycles. The summed E-state index contributed by atoms with van der Waals surface area (Å²) in [6, 6.07) is 19.3. The fourth-order valence-corrected chi connectivity index (χ4v) is 2.83. The van der Waals surface area contributed by atoms with Gasteiger partial charge in [0, 0.05) is 16.1 Å². The lowest BCUT2D eigenvalue weighted by atomic mass is 9.98. The molecule has 3 aromatic rings. The second-order valence-corrected chi connectivity index (χ2v) is 5.92. The summed E-state index contributed by atoms with van der Waals surface area (Å²) in [5, 5.41) is 11.8. The number of anilines is 1. The van der Waals surface area contributed by atoms with Crippen molar-refractivity contribution in [2.45, 2.75) is 6.61 Å². The van der Waals surface area contributed by atoms with Gasteiger partial charge in [0.05, 0.1) is 11.7 Å². The Kier molecular flexibility index (Phi) is 4.91. The van der Waals surface area contributed by atoms with Gasteiger partial charge < -0.3 is 20.4 Å². The van der Waals surface area contributed by atoms with Crippen molar-refractivity contribution < 1.29 is 14.6 Å². The van der Waals surface area contributed by atoms with Crippen LogP contribution in [0.3, 0.4) is 0 Å². The van der Waals surface area contributed by atoms with Crippen LogP contribution in [0.15, 0.2) is 66.7 Å². The number of ether oxygens (including phenoxy) is 1.